The van der Waals surface area contributed by atoms with E-state index in [9.17, 15) is 0 Å². The van der Waals surface area contributed by atoms with E-state index in [0.29, 0.717) is 40.3 Å². The van der Waals surface area contributed by atoms with E-state index in [1.54, 1.807) is 18.5 Å². The van der Waals surface area contributed by atoms with E-state index >= 15 is 0 Å². The largest absolute Gasteiger partial charge is 0.466 e. The number of hydrogen-bond donors (Lipinski definition) is 3. The lowest BCUT2D eigenvalue weighted by Gasteiger charge is -2.27. The number of hydrogen-bond acceptors (Lipinski definition) is 5. The van der Waals surface area contributed by atoms with Gasteiger partial charge in [-0.25, -0.2) is 4.98 Å². The maximum atomic E-state index is 6.24. The van der Waals surface area contributed by atoms with Crippen LogP contribution in [0.15, 0.2) is 48.8 Å². The Morgan fingerprint density at radius 2 is 1.90 bits per heavy atom. The van der Waals surface area contributed by atoms with Crippen LogP contribution in [-0.4, -0.2) is 27.0 Å². The van der Waals surface area contributed by atoms with Crippen molar-refractivity contribution in [1.29, 1.82) is 0 Å². The molecule has 3 aromatic rings. The van der Waals surface area contributed by atoms with Gasteiger partial charge in [-0.05, 0) is 55.5 Å². The molecule has 1 atom stereocenters. The molecule has 1 aliphatic carbocycles. The van der Waals surface area contributed by atoms with Gasteiger partial charge in [0.1, 0.15) is 11.6 Å². The van der Waals surface area contributed by atoms with Crippen LogP contribution in [0.25, 0.3) is 0 Å². The number of aromatic nitrogens is 3. The number of nitrogens with two attached hydrogens (primary N) is 1. The number of H-pyrrole nitrogens is 1. The van der Waals surface area contributed by atoms with Crippen molar-refractivity contribution in [2.45, 2.75) is 50.3 Å². The summed E-state index contributed by atoms with van der Waals surface area (Å²) >= 11 is 12.3. The molecule has 2 heterocycles. The minimum absolute atomic E-state index is 0.319. The minimum Gasteiger partial charge on any atom is -0.466 e. The van der Waals surface area contributed by atoms with E-state index in [1.807, 2.05) is 30.3 Å². The highest BCUT2D eigenvalue weighted by molar-refractivity contribution is 6.34. The second-order valence-corrected chi connectivity index (χ2v) is 8.55. The van der Waals surface area contributed by atoms with E-state index in [0.717, 1.165) is 37.1 Å². The molecule has 0 bridgehead atoms. The van der Waals surface area contributed by atoms with E-state index in [-0.39, 0.29) is 6.10 Å². The molecule has 1 fully saturated rings. The Morgan fingerprint density at radius 3 is 2.60 bits per heavy atom. The maximum Gasteiger partial charge on any atom is 0.215 e. The summed E-state index contributed by atoms with van der Waals surface area (Å²) in [6, 6.07) is 11.9. The second-order valence-electron chi connectivity index (χ2n) is 7.68. The summed E-state index contributed by atoms with van der Waals surface area (Å²) in [6.45, 7) is 0. The Morgan fingerprint density at radius 1 is 1.13 bits per heavy atom. The molecule has 0 amide bonds. The van der Waals surface area contributed by atoms with Crippen LogP contribution in [0, 0.1) is 0 Å². The van der Waals surface area contributed by atoms with Crippen LogP contribution in [0.2, 0.25) is 10.0 Å². The lowest BCUT2D eigenvalue weighted by Crippen LogP contribution is -2.33. The summed E-state index contributed by atoms with van der Waals surface area (Å²) in [5.41, 5.74) is 6.97. The first kappa shape index (κ1) is 21.0. The Kier molecular flexibility index (Phi) is 6.77. The number of nitrogens with zero attached hydrogens (tertiary/aromatic N) is 2. The van der Waals surface area contributed by atoms with Crippen molar-refractivity contribution in [3.63, 3.8) is 0 Å². The zero-order valence-corrected chi connectivity index (χ0v) is 18.0. The number of rotatable bonds is 7. The van der Waals surface area contributed by atoms with Crippen molar-refractivity contribution < 1.29 is 4.74 Å². The van der Waals surface area contributed by atoms with Crippen molar-refractivity contribution in [1.82, 2.24) is 15.0 Å². The molecule has 1 unspecified atom stereocenters. The first-order valence-electron chi connectivity index (χ1n) is 10.2. The van der Waals surface area contributed by atoms with Gasteiger partial charge in [-0.2, -0.15) is 4.98 Å². The van der Waals surface area contributed by atoms with Gasteiger partial charge in [-0.3, -0.25) is 0 Å². The standard InChI is InChI=1S/C22H25Cl2N5O/c23-15-10-14(11-16(24)13-15)12-19(22-26-8-9-27-22)30-21-3-1-2-20(29-21)28-18-6-4-17(25)5-7-18/h1-3,8-11,13,17-19H,4-7,12,25H2,(H,26,27)(H,28,29). The van der Waals surface area contributed by atoms with Crippen LogP contribution in [0.1, 0.15) is 43.2 Å². The van der Waals surface area contributed by atoms with Crippen LogP contribution < -0.4 is 15.8 Å². The SMILES string of the molecule is NC1CCC(Nc2cccc(OC(Cc3cc(Cl)cc(Cl)c3)c3ncc[nH]3)n2)CC1. The van der Waals surface area contributed by atoms with Crippen LogP contribution in [0.4, 0.5) is 5.82 Å². The third-order valence-corrected chi connectivity index (χ3v) is 5.71. The average molecular weight is 446 g/mol. The molecular formula is C22H25Cl2N5O. The molecule has 1 aromatic carbocycles. The molecule has 4 rings (SSSR count). The van der Waals surface area contributed by atoms with Crippen LogP contribution in [0.3, 0.4) is 0 Å². The van der Waals surface area contributed by atoms with Gasteiger partial charge in [0.2, 0.25) is 5.88 Å². The Balaban J connectivity index is 1.49. The first-order chi connectivity index (χ1) is 14.5. The number of aromatic amines is 1. The van der Waals surface area contributed by atoms with Gasteiger partial charge in [-0.15, -0.1) is 0 Å². The molecule has 8 heteroatoms. The van der Waals surface area contributed by atoms with E-state index < -0.39 is 0 Å². The molecule has 1 saturated carbocycles. The van der Waals surface area contributed by atoms with Gasteiger partial charge in [0.05, 0.1) is 0 Å². The summed E-state index contributed by atoms with van der Waals surface area (Å²) in [6.07, 6.45) is 7.86. The predicted molar refractivity (Wildman–Crippen MR) is 120 cm³/mol. The van der Waals surface area contributed by atoms with Gasteiger partial charge < -0.3 is 20.8 Å². The van der Waals surface area contributed by atoms with Crippen LogP contribution in [0.5, 0.6) is 5.88 Å². The number of imidazole rings is 1. The molecule has 1 aliphatic rings. The van der Waals surface area contributed by atoms with E-state index in [1.165, 1.54) is 0 Å². The second kappa shape index (κ2) is 9.69. The predicted octanol–water partition coefficient (Wildman–Crippen LogP) is 5.16. The van der Waals surface area contributed by atoms with Crippen molar-refractivity contribution in [2.75, 3.05) is 5.32 Å². The third-order valence-electron chi connectivity index (χ3n) is 5.28. The van der Waals surface area contributed by atoms with Gasteiger partial charge in [0, 0.05) is 47.0 Å². The van der Waals surface area contributed by atoms with Gasteiger partial charge >= 0.3 is 0 Å². The number of halogens is 2. The van der Waals surface area contributed by atoms with Crippen LogP contribution in [-0.2, 0) is 6.42 Å². The molecule has 0 aliphatic heterocycles. The summed E-state index contributed by atoms with van der Waals surface area (Å²) in [7, 11) is 0. The lowest BCUT2D eigenvalue weighted by atomic mass is 9.92. The molecule has 6 nitrogen and oxygen atoms in total. The molecule has 4 N–H and O–H groups in total. The number of nitrogens with one attached hydrogen (secondary N) is 2. The molecule has 158 valence electrons. The van der Waals surface area contributed by atoms with Gasteiger partial charge in [0.25, 0.3) is 0 Å². The summed E-state index contributed by atoms with van der Waals surface area (Å²) < 4.78 is 6.24. The monoisotopic (exact) mass is 445 g/mol. The summed E-state index contributed by atoms with van der Waals surface area (Å²) in [5.74, 6) is 2.05. The smallest absolute Gasteiger partial charge is 0.215 e. The fraction of sp³-hybridized carbons (Fsp3) is 0.364. The van der Waals surface area contributed by atoms with Crippen LogP contribution >= 0.6 is 23.2 Å². The molecule has 0 radical (unpaired) electrons. The van der Waals surface area contributed by atoms with Gasteiger partial charge in [0.15, 0.2) is 6.10 Å². The normalized spacial score (nSPS) is 20.0. The zero-order valence-electron chi connectivity index (χ0n) is 16.5. The number of anilines is 1. The van der Waals surface area contributed by atoms with Crippen molar-refractivity contribution in [3.8, 4) is 5.88 Å². The average Bonchev–Trinajstić information content (AvgIpc) is 3.24. The van der Waals surface area contributed by atoms with Crippen molar-refractivity contribution >= 4 is 29.0 Å². The Labute approximate surface area is 186 Å². The Hall–Kier alpha value is -2.28. The minimum atomic E-state index is -0.357. The Bertz CT molecular complexity index is 938. The quantitative estimate of drug-likeness (QED) is 0.467. The van der Waals surface area contributed by atoms with Crippen molar-refractivity contribution in [2.24, 2.45) is 5.73 Å². The fourth-order valence-corrected chi connectivity index (χ4v) is 4.34. The molecule has 0 saturated heterocycles. The number of pyridine rings is 1. The molecular weight excluding hydrogens is 421 g/mol. The molecule has 2 aromatic heterocycles. The molecule has 0 spiro atoms. The van der Waals surface area contributed by atoms with E-state index in [4.69, 9.17) is 33.7 Å². The topological polar surface area (TPSA) is 88.9 Å². The zero-order chi connectivity index (χ0) is 20.9. The summed E-state index contributed by atoms with van der Waals surface area (Å²) in [4.78, 5) is 12.2. The maximum absolute atomic E-state index is 6.24. The highest BCUT2D eigenvalue weighted by Gasteiger charge is 2.20. The fourth-order valence-electron chi connectivity index (χ4n) is 3.77. The number of ether oxygens (including phenoxy) is 1. The van der Waals surface area contributed by atoms with Crippen molar-refractivity contribution in [3.05, 3.63) is 70.2 Å². The van der Waals surface area contributed by atoms with E-state index in [2.05, 4.69) is 20.3 Å². The third kappa shape index (κ3) is 5.65. The summed E-state index contributed by atoms with van der Waals surface area (Å²) in [5, 5.41) is 4.69. The lowest BCUT2D eigenvalue weighted by molar-refractivity contribution is 0.189. The number of benzene rings is 1. The highest BCUT2D eigenvalue weighted by Crippen LogP contribution is 2.27. The first-order valence-corrected chi connectivity index (χ1v) is 10.9. The molecule has 30 heavy (non-hydrogen) atoms. The highest BCUT2D eigenvalue weighted by atomic mass is 35.5. The van der Waals surface area contributed by atoms with Gasteiger partial charge in [-0.1, -0.05) is 29.3 Å².